The molecule has 32 heavy (non-hydrogen) atoms. The van der Waals surface area contributed by atoms with E-state index in [1.54, 1.807) is 24.5 Å². The third-order valence-electron chi connectivity index (χ3n) is 6.00. The van der Waals surface area contributed by atoms with Crippen LogP contribution in [0.2, 0.25) is 0 Å². The lowest BCUT2D eigenvalue weighted by Crippen LogP contribution is -2.42. The van der Waals surface area contributed by atoms with Crippen LogP contribution in [0.1, 0.15) is 33.1 Å². The number of ether oxygens (including phenoxy) is 1. The van der Waals surface area contributed by atoms with Crippen LogP contribution in [0, 0.1) is 5.41 Å². The van der Waals surface area contributed by atoms with Crippen LogP contribution in [0.25, 0.3) is 0 Å². The number of anilines is 1. The molecule has 1 aromatic heterocycles. The molecular weight excluding hydrogens is 452 g/mol. The van der Waals surface area contributed by atoms with E-state index in [1.807, 2.05) is 0 Å². The van der Waals surface area contributed by atoms with Crippen molar-refractivity contribution in [2.45, 2.75) is 42.9 Å². The van der Waals surface area contributed by atoms with E-state index in [-0.39, 0.29) is 21.8 Å². The summed E-state index contributed by atoms with van der Waals surface area (Å²) in [5.41, 5.74) is 0.412. The molecule has 176 valence electrons. The highest BCUT2D eigenvalue weighted by atomic mass is 32.2. The number of hydrogen-bond acceptors (Lipinski definition) is 7. The Morgan fingerprint density at radius 2 is 1.91 bits per heavy atom. The average molecular weight is 483 g/mol. The van der Waals surface area contributed by atoms with E-state index in [4.69, 9.17) is 9.88 Å². The van der Waals surface area contributed by atoms with Gasteiger partial charge in [0.15, 0.2) is 0 Å². The lowest BCUT2D eigenvalue weighted by atomic mass is 9.79. The van der Waals surface area contributed by atoms with E-state index in [0.29, 0.717) is 31.1 Å². The van der Waals surface area contributed by atoms with Gasteiger partial charge in [-0.2, -0.15) is 4.31 Å². The fourth-order valence-corrected chi connectivity index (χ4v) is 5.84. The standard InChI is InChI=1S/C21H30N4O5S2/c1-3-21(2)8-12-25(13-9-21)32(28,29)20-15-18(31(22,26)27)6-7-19(20)24-11-14-30-17-5-4-10-23-16-17/h4-7,10,15-16,24H,3,8-9,11-14H2,1-2H3,(H2,22,26,27). The van der Waals surface area contributed by atoms with Crippen molar-refractivity contribution in [2.24, 2.45) is 10.6 Å². The second-order valence-corrected chi connectivity index (χ2v) is 11.7. The summed E-state index contributed by atoms with van der Waals surface area (Å²) in [5.74, 6) is 0.596. The molecule has 0 spiro atoms. The Morgan fingerprint density at radius 3 is 2.50 bits per heavy atom. The van der Waals surface area contributed by atoms with Gasteiger partial charge in [-0.25, -0.2) is 22.0 Å². The molecule has 2 aromatic rings. The van der Waals surface area contributed by atoms with Gasteiger partial charge in [0.2, 0.25) is 20.0 Å². The van der Waals surface area contributed by atoms with Crippen LogP contribution in [0.5, 0.6) is 5.75 Å². The molecular formula is C21H30N4O5S2. The summed E-state index contributed by atoms with van der Waals surface area (Å²) in [6.07, 6.45) is 5.69. The van der Waals surface area contributed by atoms with Gasteiger partial charge in [-0.05, 0) is 48.6 Å². The second-order valence-electron chi connectivity index (χ2n) is 8.24. The van der Waals surface area contributed by atoms with Gasteiger partial charge in [-0.3, -0.25) is 4.98 Å². The Labute approximate surface area is 190 Å². The van der Waals surface area contributed by atoms with E-state index < -0.39 is 20.0 Å². The number of sulfonamides is 2. The highest BCUT2D eigenvalue weighted by Crippen LogP contribution is 2.37. The molecule has 1 aliphatic heterocycles. The Hall–Kier alpha value is -2.21. The van der Waals surface area contributed by atoms with E-state index in [0.717, 1.165) is 25.3 Å². The first-order valence-electron chi connectivity index (χ1n) is 10.5. The van der Waals surface area contributed by atoms with Crippen LogP contribution in [-0.4, -0.2) is 52.4 Å². The van der Waals surface area contributed by atoms with Crippen molar-refractivity contribution < 1.29 is 21.6 Å². The SMILES string of the molecule is CCC1(C)CCN(S(=O)(=O)c2cc(S(N)(=O)=O)ccc2NCCOc2cccnc2)CC1. The number of piperidine rings is 1. The van der Waals surface area contributed by atoms with Gasteiger partial charge in [0.05, 0.1) is 16.8 Å². The molecule has 3 rings (SSSR count). The summed E-state index contributed by atoms with van der Waals surface area (Å²) in [5, 5.41) is 8.30. The number of pyridine rings is 1. The lowest BCUT2D eigenvalue weighted by Gasteiger charge is -2.38. The fourth-order valence-electron chi connectivity index (χ4n) is 3.59. The number of benzene rings is 1. The van der Waals surface area contributed by atoms with Gasteiger partial charge in [-0.1, -0.05) is 20.3 Å². The van der Waals surface area contributed by atoms with E-state index in [2.05, 4.69) is 24.1 Å². The number of aromatic nitrogens is 1. The molecule has 1 aliphatic rings. The number of hydrogen-bond donors (Lipinski definition) is 2. The van der Waals surface area contributed by atoms with Crippen molar-refractivity contribution in [1.82, 2.24) is 9.29 Å². The number of primary sulfonamides is 1. The van der Waals surface area contributed by atoms with Gasteiger partial charge in [0.25, 0.3) is 0 Å². The molecule has 0 unspecified atom stereocenters. The molecule has 0 saturated carbocycles. The summed E-state index contributed by atoms with van der Waals surface area (Å²) in [6.45, 7) is 5.61. The van der Waals surface area contributed by atoms with Crippen molar-refractivity contribution in [3.8, 4) is 5.75 Å². The Balaban J connectivity index is 1.81. The molecule has 3 N–H and O–H groups in total. The molecule has 0 bridgehead atoms. The van der Waals surface area contributed by atoms with Crippen LogP contribution in [-0.2, 0) is 20.0 Å². The molecule has 1 fully saturated rings. The topological polar surface area (TPSA) is 132 Å². The summed E-state index contributed by atoms with van der Waals surface area (Å²) in [4.78, 5) is 3.62. The second kappa shape index (κ2) is 9.74. The predicted octanol–water partition coefficient (Wildman–Crippen LogP) is 2.42. The maximum absolute atomic E-state index is 13.5. The normalized spacial score (nSPS) is 17.1. The number of nitrogens with zero attached hydrogens (tertiary/aromatic N) is 2. The maximum Gasteiger partial charge on any atom is 0.245 e. The van der Waals surface area contributed by atoms with Crippen LogP contribution < -0.4 is 15.2 Å². The van der Waals surface area contributed by atoms with Crippen LogP contribution >= 0.6 is 0 Å². The molecule has 2 heterocycles. The molecule has 1 aromatic carbocycles. The fraction of sp³-hybridized carbons (Fsp3) is 0.476. The number of nitrogens with two attached hydrogens (primary N) is 1. The van der Waals surface area contributed by atoms with Gasteiger partial charge < -0.3 is 10.1 Å². The molecule has 11 heteroatoms. The van der Waals surface area contributed by atoms with Crippen molar-refractivity contribution in [3.63, 3.8) is 0 Å². The number of nitrogens with one attached hydrogen (secondary N) is 1. The smallest absolute Gasteiger partial charge is 0.245 e. The van der Waals surface area contributed by atoms with Crippen LogP contribution in [0.15, 0.2) is 52.5 Å². The average Bonchev–Trinajstić information content (AvgIpc) is 2.77. The van der Waals surface area contributed by atoms with Gasteiger partial charge in [0, 0.05) is 25.8 Å². The third-order valence-corrected chi connectivity index (χ3v) is 8.85. The Morgan fingerprint density at radius 1 is 1.19 bits per heavy atom. The lowest BCUT2D eigenvalue weighted by molar-refractivity contribution is 0.169. The van der Waals surface area contributed by atoms with E-state index >= 15 is 0 Å². The van der Waals surface area contributed by atoms with Gasteiger partial charge >= 0.3 is 0 Å². The third kappa shape index (κ3) is 5.77. The highest BCUT2D eigenvalue weighted by Gasteiger charge is 2.35. The zero-order valence-electron chi connectivity index (χ0n) is 18.3. The molecule has 0 aliphatic carbocycles. The van der Waals surface area contributed by atoms with Crippen molar-refractivity contribution in [2.75, 3.05) is 31.6 Å². The monoisotopic (exact) mass is 482 g/mol. The molecule has 9 nitrogen and oxygen atoms in total. The van der Waals surface area contributed by atoms with E-state index in [1.165, 1.54) is 16.4 Å². The van der Waals surface area contributed by atoms with Crippen LogP contribution in [0.3, 0.4) is 0 Å². The number of rotatable bonds is 9. The largest absolute Gasteiger partial charge is 0.490 e. The Bertz CT molecular complexity index is 1130. The first kappa shape index (κ1) is 24.4. The predicted molar refractivity (Wildman–Crippen MR) is 122 cm³/mol. The first-order chi connectivity index (χ1) is 15.0. The minimum absolute atomic E-state index is 0.106. The Kier molecular flexibility index (Phi) is 7.43. The van der Waals surface area contributed by atoms with Gasteiger partial charge in [-0.15, -0.1) is 0 Å². The molecule has 0 amide bonds. The quantitative estimate of drug-likeness (QED) is 0.525. The first-order valence-corrected chi connectivity index (χ1v) is 13.5. The van der Waals surface area contributed by atoms with Crippen molar-refractivity contribution in [1.29, 1.82) is 0 Å². The van der Waals surface area contributed by atoms with E-state index in [9.17, 15) is 16.8 Å². The van der Waals surface area contributed by atoms with Crippen molar-refractivity contribution in [3.05, 3.63) is 42.7 Å². The van der Waals surface area contributed by atoms with Crippen LogP contribution in [0.4, 0.5) is 5.69 Å². The minimum atomic E-state index is -4.06. The van der Waals surface area contributed by atoms with Crippen molar-refractivity contribution >= 4 is 25.7 Å². The molecule has 1 saturated heterocycles. The maximum atomic E-state index is 13.5. The summed E-state index contributed by atoms with van der Waals surface area (Å²) >= 11 is 0. The summed E-state index contributed by atoms with van der Waals surface area (Å²) in [6, 6.07) is 7.37. The summed E-state index contributed by atoms with van der Waals surface area (Å²) in [7, 11) is -7.98. The minimum Gasteiger partial charge on any atom is -0.490 e. The van der Waals surface area contributed by atoms with Gasteiger partial charge in [0.1, 0.15) is 17.3 Å². The summed E-state index contributed by atoms with van der Waals surface area (Å²) < 4.78 is 57.6. The zero-order chi connectivity index (χ0) is 23.4. The highest BCUT2D eigenvalue weighted by molar-refractivity contribution is 7.90. The molecule has 0 atom stereocenters. The zero-order valence-corrected chi connectivity index (χ0v) is 20.0. The molecule has 0 radical (unpaired) electrons.